The van der Waals surface area contributed by atoms with Gasteiger partial charge in [0.05, 0.1) is 11.8 Å². The van der Waals surface area contributed by atoms with E-state index in [2.05, 4.69) is 15.0 Å². The van der Waals surface area contributed by atoms with Gasteiger partial charge in [-0.15, -0.1) is 0 Å². The Morgan fingerprint density at radius 3 is 2.88 bits per heavy atom. The van der Waals surface area contributed by atoms with E-state index >= 15 is 0 Å². The van der Waals surface area contributed by atoms with E-state index in [-0.39, 0.29) is 24.2 Å². The fourth-order valence-corrected chi connectivity index (χ4v) is 1.26. The second-order valence-corrected chi connectivity index (χ2v) is 3.40. The molecule has 0 radical (unpaired) electrons. The maximum atomic E-state index is 12.8. The Labute approximate surface area is 96.3 Å². The van der Waals surface area contributed by atoms with Crippen LogP contribution in [0.3, 0.4) is 0 Å². The standard InChI is InChI=1S/C9H12FN5O2/c10-9-6(11)3-5(4-13-9)8(17)7(16)1-2-14-15-12/h3-4,7-8,16-17H,1-2,11H2. The average Bonchev–Trinajstić information content (AvgIpc) is 2.32. The van der Waals surface area contributed by atoms with Crippen LogP contribution >= 0.6 is 0 Å². The summed E-state index contributed by atoms with van der Waals surface area (Å²) in [4.78, 5) is 5.85. The number of nitrogen functional groups attached to an aromatic ring is 1. The van der Waals surface area contributed by atoms with Gasteiger partial charge in [-0.1, -0.05) is 5.11 Å². The molecule has 0 fully saturated rings. The zero-order chi connectivity index (χ0) is 12.8. The predicted molar refractivity (Wildman–Crippen MR) is 58.2 cm³/mol. The third kappa shape index (κ3) is 3.56. The monoisotopic (exact) mass is 241 g/mol. The Balaban J connectivity index is 2.70. The normalized spacial score (nSPS) is 13.8. The van der Waals surface area contributed by atoms with Crippen molar-refractivity contribution in [1.82, 2.24) is 4.98 Å². The number of aliphatic hydroxyl groups excluding tert-OH is 2. The van der Waals surface area contributed by atoms with Gasteiger partial charge < -0.3 is 15.9 Å². The Morgan fingerprint density at radius 1 is 1.59 bits per heavy atom. The first-order valence-electron chi connectivity index (χ1n) is 4.84. The van der Waals surface area contributed by atoms with Gasteiger partial charge in [-0.2, -0.15) is 4.39 Å². The lowest BCUT2D eigenvalue weighted by molar-refractivity contribution is 0.0148. The van der Waals surface area contributed by atoms with Crippen LogP contribution in [0.25, 0.3) is 10.4 Å². The van der Waals surface area contributed by atoms with E-state index in [4.69, 9.17) is 11.3 Å². The van der Waals surface area contributed by atoms with Gasteiger partial charge in [-0.3, -0.25) is 0 Å². The zero-order valence-corrected chi connectivity index (χ0v) is 8.86. The highest BCUT2D eigenvalue weighted by molar-refractivity contribution is 5.39. The number of pyridine rings is 1. The number of anilines is 1. The van der Waals surface area contributed by atoms with Crippen molar-refractivity contribution in [2.75, 3.05) is 12.3 Å². The lowest BCUT2D eigenvalue weighted by Gasteiger charge is -2.17. The molecule has 0 aliphatic carbocycles. The molecule has 1 aromatic heterocycles. The Hall–Kier alpha value is -1.89. The van der Waals surface area contributed by atoms with Gasteiger partial charge in [-0.05, 0) is 18.0 Å². The molecule has 7 nitrogen and oxygen atoms in total. The van der Waals surface area contributed by atoms with E-state index in [0.29, 0.717) is 0 Å². The molecular weight excluding hydrogens is 229 g/mol. The fraction of sp³-hybridized carbons (Fsp3) is 0.444. The van der Waals surface area contributed by atoms with Crippen LogP contribution in [0, 0.1) is 5.95 Å². The molecule has 1 aromatic rings. The van der Waals surface area contributed by atoms with E-state index in [1.165, 1.54) is 6.07 Å². The van der Waals surface area contributed by atoms with Gasteiger partial charge in [-0.25, -0.2) is 4.98 Å². The number of nitrogens with two attached hydrogens (primary N) is 1. The summed E-state index contributed by atoms with van der Waals surface area (Å²) in [6, 6.07) is 1.20. The van der Waals surface area contributed by atoms with Crippen molar-refractivity contribution in [2.24, 2.45) is 5.11 Å². The predicted octanol–water partition coefficient (Wildman–Crippen LogP) is 0.898. The van der Waals surface area contributed by atoms with Crippen LogP contribution < -0.4 is 5.73 Å². The highest BCUT2D eigenvalue weighted by Crippen LogP contribution is 2.21. The van der Waals surface area contributed by atoms with Gasteiger partial charge in [0.25, 0.3) is 0 Å². The quantitative estimate of drug-likeness (QED) is 0.306. The fourth-order valence-electron chi connectivity index (χ4n) is 1.26. The third-order valence-corrected chi connectivity index (χ3v) is 2.18. The van der Waals surface area contributed by atoms with Gasteiger partial charge in [0.2, 0.25) is 5.95 Å². The van der Waals surface area contributed by atoms with Crippen LogP contribution in [-0.4, -0.2) is 27.8 Å². The number of aliphatic hydroxyl groups is 2. The summed E-state index contributed by atoms with van der Waals surface area (Å²) in [6.45, 7) is 0.0544. The largest absolute Gasteiger partial charge is 0.395 e. The first-order chi connectivity index (χ1) is 8.06. The number of aromatic nitrogens is 1. The summed E-state index contributed by atoms with van der Waals surface area (Å²) >= 11 is 0. The van der Waals surface area contributed by atoms with Gasteiger partial charge in [0, 0.05) is 23.2 Å². The van der Waals surface area contributed by atoms with Gasteiger partial charge in [0.15, 0.2) is 0 Å². The number of nitrogens with zero attached hydrogens (tertiary/aromatic N) is 4. The summed E-state index contributed by atoms with van der Waals surface area (Å²) in [7, 11) is 0. The molecule has 0 aromatic carbocycles. The Morgan fingerprint density at radius 2 is 2.29 bits per heavy atom. The van der Waals surface area contributed by atoms with Gasteiger partial charge >= 0.3 is 0 Å². The van der Waals surface area contributed by atoms with Gasteiger partial charge in [0.1, 0.15) is 6.10 Å². The van der Waals surface area contributed by atoms with Crippen molar-refractivity contribution in [1.29, 1.82) is 0 Å². The maximum absolute atomic E-state index is 12.8. The van der Waals surface area contributed by atoms with Crippen LogP contribution in [0.4, 0.5) is 10.1 Å². The summed E-state index contributed by atoms with van der Waals surface area (Å²) in [5, 5.41) is 22.5. The number of azide groups is 1. The molecule has 0 saturated heterocycles. The van der Waals surface area contributed by atoms with Crippen molar-refractivity contribution < 1.29 is 14.6 Å². The van der Waals surface area contributed by atoms with E-state index in [9.17, 15) is 14.6 Å². The molecule has 4 N–H and O–H groups in total. The molecule has 8 heteroatoms. The van der Waals surface area contributed by atoms with E-state index < -0.39 is 18.2 Å². The lowest BCUT2D eigenvalue weighted by Crippen LogP contribution is -2.19. The zero-order valence-electron chi connectivity index (χ0n) is 8.86. The number of hydrogen-bond donors (Lipinski definition) is 3. The third-order valence-electron chi connectivity index (χ3n) is 2.18. The van der Waals surface area contributed by atoms with Crippen LogP contribution in [0.15, 0.2) is 17.4 Å². The molecule has 92 valence electrons. The van der Waals surface area contributed by atoms with Crippen LogP contribution in [0.5, 0.6) is 0 Å². The minimum atomic E-state index is -1.25. The van der Waals surface area contributed by atoms with Crippen LogP contribution in [0.2, 0.25) is 0 Å². The van der Waals surface area contributed by atoms with Crippen molar-refractivity contribution in [2.45, 2.75) is 18.6 Å². The molecule has 2 atom stereocenters. The Kier molecular flexibility index (Phi) is 4.65. The average molecular weight is 241 g/mol. The summed E-state index contributed by atoms with van der Waals surface area (Å²) in [5.74, 6) is -0.829. The molecular formula is C9H12FN5O2. The minimum Gasteiger partial charge on any atom is -0.395 e. The van der Waals surface area contributed by atoms with Crippen molar-refractivity contribution >= 4 is 5.69 Å². The second kappa shape index (κ2) is 6.00. The number of hydrogen-bond acceptors (Lipinski definition) is 5. The first kappa shape index (κ1) is 13.2. The number of halogens is 1. The highest BCUT2D eigenvalue weighted by Gasteiger charge is 2.19. The van der Waals surface area contributed by atoms with Crippen molar-refractivity contribution in [3.63, 3.8) is 0 Å². The van der Waals surface area contributed by atoms with E-state index in [1.54, 1.807) is 0 Å². The minimum absolute atomic E-state index is 0.0544. The van der Waals surface area contributed by atoms with Crippen molar-refractivity contribution in [3.05, 3.63) is 34.2 Å². The summed E-state index contributed by atoms with van der Waals surface area (Å²) in [6.07, 6.45) is -1.21. The Bertz CT molecular complexity index is 435. The summed E-state index contributed by atoms with van der Waals surface area (Å²) < 4.78 is 12.8. The lowest BCUT2D eigenvalue weighted by atomic mass is 10.0. The molecule has 0 amide bonds. The second-order valence-electron chi connectivity index (χ2n) is 3.40. The maximum Gasteiger partial charge on any atom is 0.236 e. The van der Waals surface area contributed by atoms with Crippen molar-refractivity contribution in [3.8, 4) is 0 Å². The molecule has 0 saturated carbocycles. The highest BCUT2D eigenvalue weighted by atomic mass is 19.1. The molecule has 17 heavy (non-hydrogen) atoms. The first-order valence-corrected chi connectivity index (χ1v) is 4.84. The molecule has 0 spiro atoms. The SMILES string of the molecule is [N-]=[N+]=NCCC(O)C(O)c1cnc(F)c(N)c1. The van der Waals surface area contributed by atoms with E-state index in [0.717, 1.165) is 6.20 Å². The van der Waals surface area contributed by atoms with E-state index in [1.807, 2.05) is 0 Å². The topological polar surface area (TPSA) is 128 Å². The molecule has 1 rings (SSSR count). The molecule has 0 bridgehead atoms. The molecule has 0 aliphatic heterocycles. The smallest absolute Gasteiger partial charge is 0.236 e. The molecule has 1 heterocycles. The molecule has 2 unspecified atom stereocenters. The van der Waals surface area contributed by atoms with Crippen LogP contribution in [0.1, 0.15) is 18.1 Å². The number of rotatable bonds is 5. The van der Waals surface area contributed by atoms with Crippen LogP contribution in [-0.2, 0) is 0 Å². The molecule has 0 aliphatic rings. The summed E-state index contributed by atoms with van der Waals surface area (Å²) in [5.41, 5.74) is 13.3.